The summed E-state index contributed by atoms with van der Waals surface area (Å²) in [5.41, 5.74) is 5.29. The molecule has 0 aromatic rings. The van der Waals surface area contributed by atoms with Crippen LogP contribution in [0.3, 0.4) is 0 Å². The molecule has 1 aliphatic rings. The molecular weight excluding hydrogens is 208 g/mol. The second-order valence-electron chi connectivity index (χ2n) is 5.23. The van der Waals surface area contributed by atoms with Crippen molar-refractivity contribution in [1.82, 2.24) is 5.32 Å². The Hall–Kier alpha value is -0.940. The van der Waals surface area contributed by atoms with Crippen LogP contribution < -0.4 is 11.1 Å². The molecule has 0 radical (unpaired) electrons. The van der Waals surface area contributed by atoms with E-state index in [2.05, 4.69) is 5.32 Å². The van der Waals surface area contributed by atoms with E-state index in [9.17, 15) is 9.59 Å². The molecule has 3 N–H and O–H groups in total. The first-order chi connectivity index (χ1) is 7.32. The standard InChI is InChI=1S/C11H20N2O3/c1-11(2,3)8(12)10(15)16-9(14)7-5-4-6-13-7/h7-8,13H,4-6,12H2,1-3H3/t7?,8-/m1/s1. The van der Waals surface area contributed by atoms with Gasteiger partial charge >= 0.3 is 11.9 Å². The van der Waals surface area contributed by atoms with Crippen LogP contribution in [0.15, 0.2) is 0 Å². The molecule has 0 amide bonds. The first kappa shape index (κ1) is 13.1. The summed E-state index contributed by atoms with van der Waals surface area (Å²) >= 11 is 0. The van der Waals surface area contributed by atoms with Crippen molar-refractivity contribution >= 4 is 11.9 Å². The van der Waals surface area contributed by atoms with Crippen molar-refractivity contribution in [1.29, 1.82) is 0 Å². The summed E-state index contributed by atoms with van der Waals surface area (Å²) in [6.07, 6.45) is 1.65. The zero-order chi connectivity index (χ0) is 12.3. The predicted molar refractivity (Wildman–Crippen MR) is 59.6 cm³/mol. The molecule has 5 nitrogen and oxygen atoms in total. The third-order valence-electron chi connectivity index (χ3n) is 2.73. The summed E-state index contributed by atoms with van der Waals surface area (Å²) in [6, 6.07) is -1.13. The Labute approximate surface area is 95.7 Å². The van der Waals surface area contributed by atoms with Crippen molar-refractivity contribution < 1.29 is 14.3 Å². The van der Waals surface area contributed by atoms with Crippen molar-refractivity contribution in [2.24, 2.45) is 11.1 Å². The molecule has 0 aromatic carbocycles. The van der Waals surface area contributed by atoms with Gasteiger partial charge in [-0.05, 0) is 24.8 Å². The zero-order valence-corrected chi connectivity index (χ0v) is 10.1. The minimum atomic E-state index is -0.780. The molecule has 16 heavy (non-hydrogen) atoms. The Bertz CT molecular complexity index is 277. The number of nitrogens with one attached hydrogen (secondary N) is 1. The van der Waals surface area contributed by atoms with E-state index in [1.165, 1.54) is 0 Å². The molecule has 0 aliphatic carbocycles. The average Bonchev–Trinajstić information content (AvgIpc) is 2.67. The first-order valence-corrected chi connectivity index (χ1v) is 5.57. The van der Waals surface area contributed by atoms with Gasteiger partial charge in [0, 0.05) is 0 Å². The lowest BCUT2D eigenvalue weighted by Crippen LogP contribution is -2.46. The number of hydrogen-bond acceptors (Lipinski definition) is 5. The van der Waals surface area contributed by atoms with Crippen LogP contribution in [0.5, 0.6) is 0 Å². The Balaban J connectivity index is 2.47. The van der Waals surface area contributed by atoms with E-state index in [0.717, 1.165) is 19.4 Å². The number of hydrogen-bond donors (Lipinski definition) is 2. The summed E-state index contributed by atoms with van der Waals surface area (Å²) in [7, 11) is 0. The second kappa shape index (κ2) is 4.93. The van der Waals surface area contributed by atoms with Crippen LogP contribution in [0.1, 0.15) is 33.6 Å². The highest BCUT2D eigenvalue weighted by Crippen LogP contribution is 2.18. The van der Waals surface area contributed by atoms with Gasteiger partial charge in [0.05, 0.1) is 0 Å². The lowest BCUT2D eigenvalue weighted by atomic mass is 9.87. The topological polar surface area (TPSA) is 81.4 Å². The molecule has 1 unspecified atom stereocenters. The highest BCUT2D eigenvalue weighted by molar-refractivity contribution is 5.91. The smallest absolute Gasteiger partial charge is 0.331 e. The highest BCUT2D eigenvalue weighted by Gasteiger charge is 2.33. The fourth-order valence-corrected chi connectivity index (χ4v) is 1.47. The number of carbonyl (C=O) groups excluding carboxylic acids is 2. The molecular formula is C11H20N2O3. The van der Waals surface area contributed by atoms with E-state index in [1.807, 2.05) is 20.8 Å². The minimum absolute atomic E-state index is 0.351. The summed E-state index contributed by atoms with van der Waals surface area (Å²) in [5, 5.41) is 2.97. The fourth-order valence-electron chi connectivity index (χ4n) is 1.47. The van der Waals surface area contributed by atoms with E-state index < -0.39 is 23.4 Å². The highest BCUT2D eigenvalue weighted by atomic mass is 16.6. The van der Waals surface area contributed by atoms with Gasteiger partial charge in [-0.3, -0.25) is 0 Å². The summed E-state index contributed by atoms with van der Waals surface area (Å²) in [4.78, 5) is 23.1. The maximum absolute atomic E-state index is 11.6. The van der Waals surface area contributed by atoms with Crippen molar-refractivity contribution in [3.63, 3.8) is 0 Å². The zero-order valence-electron chi connectivity index (χ0n) is 10.1. The third-order valence-corrected chi connectivity index (χ3v) is 2.73. The Morgan fingerprint density at radius 1 is 1.44 bits per heavy atom. The van der Waals surface area contributed by atoms with Crippen LogP contribution >= 0.6 is 0 Å². The maximum Gasteiger partial charge on any atom is 0.331 e. The summed E-state index contributed by atoms with van der Waals surface area (Å²) < 4.78 is 4.76. The number of ether oxygens (including phenoxy) is 1. The maximum atomic E-state index is 11.6. The van der Waals surface area contributed by atoms with Crippen LogP contribution in [-0.4, -0.2) is 30.6 Å². The van der Waals surface area contributed by atoms with Crippen molar-refractivity contribution in [2.75, 3.05) is 6.54 Å². The van der Waals surface area contributed by atoms with Crippen LogP contribution in [0.25, 0.3) is 0 Å². The van der Waals surface area contributed by atoms with Crippen molar-refractivity contribution in [3.05, 3.63) is 0 Å². The minimum Gasteiger partial charge on any atom is -0.391 e. The van der Waals surface area contributed by atoms with Gasteiger partial charge in [0.25, 0.3) is 0 Å². The quantitative estimate of drug-likeness (QED) is 0.520. The van der Waals surface area contributed by atoms with Gasteiger partial charge in [0.15, 0.2) is 0 Å². The van der Waals surface area contributed by atoms with Crippen LogP contribution in [-0.2, 0) is 14.3 Å². The molecule has 1 heterocycles. The fraction of sp³-hybridized carbons (Fsp3) is 0.818. The van der Waals surface area contributed by atoms with Gasteiger partial charge in [0.2, 0.25) is 0 Å². The molecule has 1 saturated heterocycles. The van der Waals surface area contributed by atoms with E-state index in [4.69, 9.17) is 10.5 Å². The van der Waals surface area contributed by atoms with Gasteiger partial charge in [-0.2, -0.15) is 0 Å². The molecule has 0 spiro atoms. The first-order valence-electron chi connectivity index (χ1n) is 5.57. The van der Waals surface area contributed by atoms with E-state index in [1.54, 1.807) is 0 Å². The Morgan fingerprint density at radius 2 is 2.06 bits per heavy atom. The van der Waals surface area contributed by atoms with Gasteiger partial charge < -0.3 is 15.8 Å². The summed E-state index contributed by atoms with van der Waals surface area (Å²) in [6.45, 7) is 6.28. The number of nitrogens with two attached hydrogens (primary N) is 1. The Morgan fingerprint density at radius 3 is 2.50 bits per heavy atom. The molecule has 1 rings (SSSR count). The van der Waals surface area contributed by atoms with E-state index in [0.29, 0.717) is 0 Å². The lowest BCUT2D eigenvalue weighted by molar-refractivity contribution is -0.163. The van der Waals surface area contributed by atoms with Crippen molar-refractivity contribution in [2.45, 2.75) is 45.7 Å². The lowest BCUT2D eigenvalue weighted by Gasteiger charge is -2.24. The number of carbonyl (C=O) groups is 2. The molecule has 0 bridgehead atoms. The van der Waals surface area contributed by atoms with E-state index >= 15 is 0 Å². The third kappa shape index (κ3) is 3.28. The monoisotopic (exact) mass is 228 g/mol. The average molecular weight is 228 g/mol. The van der Waals surface area contributed by atoms with Crippen LogP contribution in [0, 0.1) is 5.41 Å². The molecule has 2 atom stereocenters. The molecule has 5 heteroatoms. The molecule has 1 aliphatic heterocycles. The van der Waals surface area contributed by atoms with Crippen LogP contribution in [0.2, 0.25) is 0 Å². The second-order valence-corrected chi connectivity index (χ2v) is 5.23. The predicted octanol–water partition coefficient (Wildman–Crippen LogP) is 0.182. The Kier molecular flexibility index (Phi) is 4.04. The van der Waals surface area contributed by atoms with Gasteiger partial charge in [0.1, 0.15) is 12.1 Å². The van der Waals surface area contributed by atoms with Gasteiger partial charge in [-0.1, -0.05) is 20.8 Å². The largest absolute Gasteiger partial charge is 0.391 e. The number of esters is 2. The molecule has 0 aromatic heterocycles. The van der Waals surface area contributed by atoms with Gasteiger partial charge in [-0.25, -0.2) is 9.59 Å². The molecule has 1 fully saturated rings. The van der Waals surface area contributed by atoms with E-state index in [-0.39, 0.29) is 6.04 Å². The van der Waals surface area contributed by atoms with Gasteiger partial charge in [-0.15, -0.1) is 0 Å². The van der Waals surface area contributed by atoms with Crippen molar-refractivity contribution in [3.8, 4) is 0 Å². The molecule has 0 saturated carbocycles. The number of rotatable bonds is 2. The molecule has 92 valence electrons. The summed E-state index contributed by atoms with van der Waals surface area (Å²) in [5.74, 6) is -1.16. The SMILES string of the molecule is CC(C)(C)[C@H](N)C(=O)OC(=O)C1CCCN1. The normalized spacial score (nSPS) is 22.9. The van der Waals surface area contributed by atoms with Crippen LogP contribution in [0.4, 0.5) is 0 Å².